The van der Waals surface area contributed by atoms with E-state index in [-0.39, 0.29) is 12.1 Å². The van der Waals surface area contributed by atoms with Crippen LogP contribution in [0.25, 0.3) is 0 Å². The third kappa shape index (κ3) is 2.71. The van der Waals surface area contributed by atoms with Gasteiger partial charge in [0.05, 0.1) is 13.2 Å². The second kappa shape index (κ2) is 5.58. The molecule has 110 valence electrons. The minimum absolute atomic E-state index is 0.229. The van der Waals surface area contributed by atoms with Crippen LogP contribution in [-0.4, -0.2) is 13.2 Å². The average Bonchev–Trinajstić information content (AvgIpc) is 2.85. The fourth-order valence-electron chi connectivity index (χ4n) is 2.76. The fourth-order valence-corrected chi connectivity index (χ4v) is 2.94. The largest absolute Gasteiger partial charge is 0.496 e. The van der Waals surface area contributed by atoms with Gasteiger partial charge in [-0.1, -0.05) is 23.7 Å². The molecule has 0 aliphatic carbocycles. The number of ether oxygens (including phenoxy) is 2. The summed E-state index contributed by atoms with van der Waals surface area (Å²) in [7, 11) is 1.64. The maximum Gasteiger partial charge on any atom is 0.124 e. The maximum absolute atomic E-state index is 6.41. The number of benzene rings is 2. The Balaban J connectivity index is 1.98. The number of fused-ring (bicyclic) bond motifs is 1. The third-order valence-corrected chi connectivity index (χ3v) is 4.04. The summed E-state index contributed by atoms with van der Waals surface area (Å²) in [6.45, 7) is 2.07. The van der Waals surface area contributed by atoms with Gasteiger partial charge >= 0.3 is 0 Å². The molecule has 2 atom stereocenters. The van der Waals surface area contributed by atoms with Gasteiger partial charge in [-0.15, -0.1) is 0 Å². The molecule has 1 aliphatic rings. The fraction of sp³-hybridized carbons (Fsp3) is 0.294. The molecule has 0 aromatic heterocycles. The van der Waals surface area contributed by atoms with E-state index in [1.165, 1.54) is 5.56 Å². The Labute approximate surface area is 129 Å². The van der Waals surface area contributed by atoms with Gasteiger partial charge in [-0.3, -0.25) is 0 Å². The van der Waals surface area contributed by atoms with Gasteiger partial charge in [0, 0.05) is 17.0 Å². The molecule has 2 aromatic carbocycles. The minimum Gasteiger partial charge on any atom is -0.496 e. The number of nitrogens with two attached hydrogens (primary N) is 1. The zero-order valence-electron chi connectivity index (χ0n) is 12.1. The van der Waals surface area contributed by atoms with Crippen molar-refractivity contribution >= 4 is 11.6 Å². The molecule has 3 rings (SSSR count). The van der Waals surface area contributed by atoms with E-state index in [9.17, 15) is 0 Å². The first-order valence-corrected chi connectivity index (χ1v) is 7.35. The van der Waals surface area contributed by atoms with E-state index >= 15 is 0 Å². The van der Waals surface area contributed by atoms with Gasteiger partial charge in [-0.2, -0.15) is 0 Å². The van der Waals surface area contributed by atoms with Gasteiger partial charge < -0.3 is 15.2 Å². The predicted molar refractivity (Wildman–Crippen MR) is 84.3 cm³/mol. The molecule has 2 N–H and O–H groups in total. The molecule has 0 amide bonds. The molecular weight excluding hydrogens is 286 g/mol. The number of methoxy groups -OCH3 is 1. The summed E-state index contributed by atoms with van der Waals surface area (Å²) in [6.07, 6.45) is 1.15. The van der Waals surface area contributed by atoms with Crippen molar-refractivity contribution in [1.29, 1.82) is 0 Å². The smallest absolute Gasteiger partial charge is 0.124 e. The van der Waals surface area contributed by atoms with Crippen molar-refractivity contribution in [2.24, 2.45) is 5.73 Å². The van der Waals surface area contributed by atoms with Crippen LogP contribution in [0.15, 0.2) is 36.4 Å². The normalized spacial score (nSPS) is 18.0. The van der Waals surface area contributed by atoms with Crippen molar-refractivity contribution in [2.75, 3.05) is 7.11 Å². The first-order chi connectivity index (χ1) is 10.1. The highest BCUT2D eigenvalue weighted by molar-refractivity contribution is 6.30. The van der Waals surface area contributed by atoms with E-state index in [4.69, 9.17) is 26.8 Å². The van der Waals surface area contributed by atoms with Gasteiger partial charge in [-0.05, 0) is 42.3 Å². The topological polar surface area (TPSA) is 44.5 Å². The maximum atomic E-state index is 6.41. The van der Waals surface area contributed by atoms with Crippen molar-refractivity contribution in [2.45, 2.75) is 25.5 Å². The predicted octanol–water partition coefficient (Wildman–Crippen LogP) is 3.72. The molecule has 0 spiro atoms. The van der Waals surface area contributed by atoms with E-state index in [1.54, 1.807) is 13.2 Å². The Kier molecular flexibility index (Phi) is 3.79. The monoisotopic (exact) mass is 303 g/mol. The molecule has 2 unspecified atom stereocenters. The molecule has 1 heterocycles. The van der Waals surface area contributed by atoms with E-state index in [1.807, 2.05) is 24.3 Å². The van der Waals surface area contributed by atoms with Crippen molar-refractivity contribution in [3.8, 4) is 11.5 Å². The van der Waals surface area contributed by atoms with Crippen molar-refractivity contribution in [3.05, 3.63) is 58.1 Å². The molecule has 3 nitrogen and oxygen atoms in total. The Morgan fingerprint density at radius 2 is 2.10 bits per heavy atom. The highest BCUT2D eigenvalue weighted by atomic mass is 35.5. The summed E-state index contributed by atoms with van der Waals surface area (Å²) in [6, 6.07) is 11.3. The molecule has 1 aliphatic heterocycles. The van der Waals surface area contributed by atoms with Gasteiger partial charge in [0.15, 0.2) is 0 Å². The van der Waals surface area contributed by atoms with Crippen LogP contribution >= 0.6 is 11.6 Å². The Bertz CT molecular complexity index is 672. The molecule has 0 bridgehead atoms. The first-order valence-electron chi connectivity index (χ1n) is 6.97. The van der Waals surface area contributed by atoms with E-state index < -0.39 is 0 Å². The highest BCUT2D eigenvalue weighted by Gasteiger charge is 2.21. The third-order valence-electron chi connectivity index (χ3n) is 3.81. The van der Waals surface area contributed by atoms with Crippen LogP contribution < -0.4 is 15.2 Å². The van der Waals surface area contributed by atoms with Crippen molar-refractivity contribution < 1.29 is 9.47 Å². The van der Waals surface area contributed by atoms with Crippen LogP contribution in [0, 0.1) is 0 Å². The van der Waals surface area contributed by atoms with Crippen LogP contribution in [-0.2, 0) is 6.42 Å². The summed E-state index contributed by atoms with van der Waals surface area (Å²) < 4.78 is 11.1. The molecular formula is C17H18ClNO2. The van der Waals surface area contributed by atoms with Crippen LogP contribution in [0.3, 0.4) is 0 Å². The van der Waals surface area contributed by atoms with Crippen LogP contribution in [0.4, 0.5) is 0 Å². The van der Waals surface area contributed by atoms with Crippen molar-refractivity contribution in [1.82, 2.24) is 0 Å². The average molecular weight is 304 g/mol. The summed E-state index contributed by atoms with van der Waals surface area (Å²) in [4.78, 5) is 0. The highest BCUT2D eigenvalue weighted by Crippen LogP contribution is 2.35. The Hall–Kier alpha value is -1.71. The second-order valence-electron chi connectivity index (χ2n) is 5.36. The Morgan fingerprint density at radius 1 is 1.29 bits per heavy atom. The number of hydrogen-bond donors (Lipinski definition) is 1. The standard InChI is InChI=1S/C17H18ClNO2/c1-10-7-12-8-11(3-5-15(12)21-10)17(19)14-9-13(18)4-6-16(14)20-2/h3-6,8-10,17H,7,19H2,1-2H3. The van der Waals surface area contributed by atoms with Gasteiger partial charge in [0.2, 0.25) is 0 Å². The molecule has 21 heavy (non-hydrogen) atoms. The summed E-state index contributed by atoms with van der Waals surface area (Å²) in [5.74, 6) is 1.70. The lowest BCUT2D eigenvalue weighted by Gasteiger charge is -2.17. The minimum atomic E-state index is -0.278. The zero-order chi connectivity index (χ0) is 15.0. The van der Waals surface area contributed by atoms with Gasteiger partial charge in [-0.25, -0.2) is 0 Å². The Morgan fingerprint density at radius 3 is 2.86 bits per heavy atom. The van der Waals surface area contributed by atoms with Crippen LogP contribution in [0.5, 0.6) is 11.5 Å². The molecule has 0 saturated carbocycles. The van der Waals surface area contributed by atoms with Crippen molar-refractivity contribution in [3.63, 3.8) is 0 Å². The SMILES string of the molecule is COc1ccc(Cl)cc1C(N)c1ccc2c(c1)CC(C)O2. The lowest BCUT2D eigenvalue weighted by molar-refractivity contribution is 0.254. The van der Waals surface area contributed by atoms with E-state index in [0.29, 0.717) is 5.02 Å². The van der Waals surface area contributed by atoms with Crippen LogP contribution in [0.1, 0.15) is 29.7 Å². The lowest BCUT2D eigenvalue weighted by Crippen LogP contribution is -2.13. The summed E-state index contributed by atoms with van der Waals surface area (Å²) in [5.41, 5.74) is 9.54. The molecule has 0 radical (unpaired) electrons. The summed E-state index contributed by atoms with van der Waals surface area (Å²) in [5, 5.41) is 0.652. The van der Waals surface area contributed by atoms with Gasteiger partial charge in [0.25, 0.3) is 0 Å². The first kappa shape index (κ1) is 14.2. The molecule has 0 saturated heterocycles. The zero-order valence-corrected chi connectivity index (χ0v) is 12.9. The van der Waals surface area contributed by atoms with Crippen LogP contribution in [0.2, 0.25) is 5.02 Å². The van der Waals surface area contributed by atoms with Gasteiger partial charge in [0.1, 0.15) is 17.6 Å². The molecule has 2 aromatic rings. The van der Waals surface area contributed by atoms with E-state index in [2.05, 4.69) is 13.0 Å². The second-order valence-corrected chi connectivity index (χ2v) is 5.80. The molecule has 4 heteroatoms. The number of hydrogen-bond acceptors (Lipinski definition) is 3. The van der Waals surface area contributed by atoms with E-state index in [0.717, 1.165) is 29.0 Å². The quantitative estimate of drug-likeness (QED) is 0.940. The number of halogens is 1. The lowest BCUT2D eigenvalue weighted by atomic mass is 9.96. The summed E-state index contributed by atoms with van der Waals surface area (Å²) >= 11 is 6.09. The number of rotatable bonds is 3. The molecule has 0 fully saturated rings.